The van der Waals surface area contributed by atoms with Crippen molar-refractivity contribution in [2.24, 2.45) is 0 Å². The standard InChI is InChI=1S/C21H18N2O2S/c1-15-12-18(10-11-22-15)23-21(25)17-8-5-9-19(13-17)26-14-20(24)16-6-3-2-4-7-16/h2-13H,14H2,1H3,(H,22,23,25). The maximum atomic E-state index is 12.4. The number of ketones is 1. The second kappa shape index (κ2) is 8.45. The average molecular weight is 362 g/mol. The Balaban J connectivity index is 1.64. The number of nitrogens with one attached hydrogen (secondary N) is 1. The highest BCUT2D eigenvalue weighted by atomic mass is 32.2. The minimum Gasteiger partial charge on any atom is -0.322 e. The van der Waals surface area contributed by atoms with Gasteiger partial charge in [-0.1, -0.05) is 36.4 Å². The Labute approximate surface area is 156 Å². The van der Waals surface area contributed by atoms with E-state index in [2.05, 4.69) is 10.3 Å². The van der Waals surface area contributed by atoms with Crippen LogP contribution in [0.2, 0.25) is 0 Å². The van der Waals surface area contributed by atoms with E-state index in [1.54, 1.807) is 24.4 Å². The molecule has 26 heavy (non-hydrogen) atoms. The lowest BCUT2D eigenvalue weighted by Gasteiger charge is -2.07. The Bertz CT molecular complexity index is 926. The van der Waals surface area contributed by atoms with Crippen molar-refractivity contribution < 1.29 is 9.59 Å². The van der Waals surface area contributed by atoms with E-state index in [0.29, 0.717) is 22.6 Å². The molecular weight excluding hydrogens is 344 g/mol. The minimum atomic E-state index is -0.188. The van der Waals surface area contributed by atoms with Gasteiger partial charge in [0.05, 0.1) is 5.75 Å². The first-order valence-electron chi connectivity index (χ1n) is 8.17. The van der Waals surface area contributed by atoms with Crippen LogP contribution in [0.3, 0.4) is 0 Å². The van der Waals surface area contributed by atoms with Crippen molar-refractivity contribution >= 4 is 29.1 Å². The molecule has 0 spiro atoms. The Morgan fingerprint density at radius 2 is 1.73 bits per heavy atom. The quantitative estimate of drug-likeness (QED) is 0.513. The van der Waals surface area contributed by atoms with Crippen LogP contribution in [-0.2, 0) is 0 Å². The van der Waals surface area contributed by atoms with Crippen molar-refractivity contribution in [2.75, 3.05) is 11.1 Å². The summed E-state index contributed by atoms with van der Waals surface area (Å²) in [6, 6.07) is 20.0. The molecule has 3 aromatic rings. The molecule has 4 nitrogen and oxygen atoms in total. The van der Waals surface area contributed by atoms with Gasteiger partial charge in [0.2, 0.25) is 0 Å². The number of anilines is 1. The Kier molecular flexibility index (Phi) is 5.81. The molecular formula is C21H18N2O2S. The first kappa shape index (κ1) is 17.9. The van der Waals surface area contributed by atoms with Gasteiger partial charge in [0.1, 0.15) is 0 Å². The fourth-order valence-corrected chi connectivity index (χ4v) is 3.26. The van der Waals surface area contributed by atoms with Crippen LogP contribution in [-0.4, -0.2) is 22.4 Å². The molecule has 0 unspecified atom stereocenters. The molecule has 3 rings (SSSR count). The van der Waals surface area contributed by atoms with Crippen LogP contribution in [0.4, 0.5) is 5.69 Å². The SMILES string of the molecule is Cc1cc(NC(=O)c2cccc(SCC(=O)c3ccccc3)c2)ccn1. The van der Waals surface area contributed by atoms with Crippen LogP contribution in [0.25, 0.3) is 0 Å². The van der Waals surface area contributed by atoms with E-state index in [0.717, 1.165) is 10.6 Å². The fraction of sp³-hybridized carbons (Fsp3) is 0.0952. The van der Waals surface area contributed by atoms with Gasteiger partial charge < -0.3 is 5.32 Å². The number of rotatable bonds is 6. The Hall–Kier alpha value is -2.92. The molecule has 1 amide bonds. The zero-order valence-corrected chi connectivity index (χ0v) is 15.1. The highest BCUT2D eigenvalue weighted by Crippen LogP contribution is 2.21. The number of amides is 1. The molecule has 0 aliphatic heterocycles. The molecule has 0 saturated heterocycles. The fourth-order valence-electron chi connectivity index (χ4n) is 2.41. The van der Waals surface area contributed by atoms with Gasteiger partial charge in [0.15, 0.2) is 5.78 Å². The molecule has 1 heterocycles. The lowest BCUT2D eigenvalue weighted by Crippen LogP contribution is -2.12. The number of Topliss-reactive ketones (excluding diaryl/α,β-unsaturated/α-hetero) is 1. The number of carbonyl (C=O) groups is 2. The molecule has 0 aliphatic rings. The van der Waals surface area contributed by atoms with Gasteiger partial charge in [-0.25, -0.2) is 0 Å². The maximum Gasteiger partial charge on any atom is 0.255 e. The number of hydrogen-bond donors (Lipinski definition) is 1. The highest BCUT2D eigenvalue weighted by Gasteiger charge is 2.09. The lowest BCUT2D eigenvalue weighted by atomic mass is 10.2. The summed E-state index contributed by atoms with van der Waals surface area (Å²) in [6.07, 6.45) is 1.66. The molecule has 130 valence electrons. The molecule has 1 N–H and O–H groups in total. The summed E-state index contributed by atoms with van der Waals surface area (Å²) in [7, 11) is 0. The van der Waals surface area contributed by atoms with Crippen LogP contribution >= 0.6 is 11.8 Å². The normalized spacial score (nSPS) is 10.3. The second-order valence-electron chi connectivity index (χ2n) is 5.75. The first-order chi connectivity index (χ1) is 12.6. The summed E-state index contributed by atoms with van der Waals surface area (Å²) in [4.78, 5) is 29.6. The monoisotopic (exact) mass is 362 g/mol. The number of benzene rings is 2. The summed E-state index contributed by atoms with van der Waals surface area (Å²) in [5.74, 6) is 0.212. The van der Waals surface area contributed by atoms with Crippen LogP contribution in [0, 0.1) is 6.92 Å². The predicted octanol–water partition coefficient (Wildman–Crippen LogP) is 4.62. The molecule has 1 aromatic heterocycles. The Morgan fingerprint density at radius 1 is 0.962 bits per heavy atom. The number of aromatic nitrogens is 1. The second-order valence-corrected chi connectivity index (χ2v) is 6.79. The van der Waals surface area contributed by atoms with Gasteiger partial charge >= 0.3 is 0 Å². The predicted molar refractivity (Wildman–Crippen MR) is 105 cm³/mol. The van der Waals surface area contributed by atoms with Crippen molar-refractivity contribution in [3.8, 4) is 0 Å². The van der Waals surface area contributed by atoms with Crippen LogP contribution in [0.5, 0.6) is 0 Å². The van der Waals surface area contributed by atoms with E-state index in [1.165, 1.54) is 11.8 Å². The molecule has 5 heteroatoms. The molecule has 2 aromatic carbocycles. The van der Waals surface area contributed by atoms with Crippen LogP contribution in [0.15, 0.2) is 77.8 Å². The zero-order valence-electron chi connectivity index (χ0n) is 14.3. The van der Waals surface area contributed by atoms with E-state index < -0.39 is 0 Å². The van der Waals surface area contributed by atoms with Crippen molar-refractivity contribution in [1.82, 2.24) is 4.98 Å². The van der Waals surface area contributed by atoms with Crippen molar-refractivity contribution in [3.63, 3.8) is 0 Å². The van der Waals surface area contributed by atoms with Crippen molar-refractivity contribution in [3.05, 3.63) is 89.7 Å². The van der Waals surface area contributed by atoms with Crippen molar-refractivity contribution in [1.29, 1.82) is 0 Å². The third kappa shape index (κ3) is 4.80. The van der Waals surface area contributed by atoms with Gasteiger partial charge in [0, 0.05) is 33.6 Å². The van der Waals surface area contributed by atoms with E-state index >= 15 is 0 Å². The lowest BCUT2D eigenvalue weighted by molar-refractivity contribution is 0.101. The third-order valence-corrected chi connectivity index (χ3v) is 4.71. The number of thioether (sulfide) groups is 1. The summed E-state index contributed by atoms with van der Waals surface area (Å²) in [5, 5.41) is 2.86. The number of nitrogens with zero attached hydrogens (tertiary/aromatic N) is 1. The highest BCUT2D eigenvalue weighted by molar-refractivity contribution is 8.00. The molecule has 0 fully saturated rings. The summed E-state index contributed by atoms with van der Waals surface area (Å²) in [5.41, 5.74) is 2.80. The summed E-state index contributed by atoms with van der Waals surface area (Å²) >= 11 is 1.42. The van der Waals surface area contributed by atoms with Crippen LogP contribution in [0.1, 0.15) is 26.4 Å². The zero-order chi connectivity index (χ0) is 18.4. The largest absolute Gasteiger partial charge is 0.322 e. The topological polar surface area (TPSA) is 59.1 Å². The minimum absolute atomic E-state index is 0.0673. The van der Waals surface area contributed by atoms with Gasteiger partial charge in [-0.3, -0.25) is 14.6 Å². The smallest absolute Gasteiger partial charge is 0.255 e. The van der Waals surface area contributed by atoms with Crippen molar-refractivity contribution in [2.45, 2.75) is 11.8 Å². The van der Waals surface area contributed by atoms with Gasteiger partial charge in [-0.2, -0.15) is 0 Å². The van der Waals surface area contributed by atoms with Gasteiger partial charge in [0.25, 0.3) is 5.91 Å². The number of aryl methyl sites for hydroxylation is 1. The molecule has 0 bridgehead atoms. The molecule has 0 radical (unpaired) electrons. The number of carbonyl (C=O) groups excluding carboxylic acids is 2. The van der Waals surface area contributed by atoms with E-state index in [9.17, 15) is 9.59 Å². The molecule has 0 aliphatic carbocycles. The van der Waals surface area contributed by atoms with E-state index in [4.69, 9.17) is 0 Å². The summed E-state index contributed by atoms with van der Waals surface area (Å²) < 4.78 is 0. The first-order valence-corrected chi connectivity index (χ1v) is 9.15. The Morgan fingerprint density at radius 3 is 2.50 bits per heavy atom. The molecule has 0 saturated carbocycles. The van der Waals surface area contributed by atoms with Crippen LogP contribution < -0.4 is 5.32 Å². The van der Waals surface area contributed by atoms with E-state index in [1.807, 2.05) is 55.5 Å². The number of pyridine rings is 1. The molecule has 0 atom stereocenters. The summed E-state index contributed by atoms with van der Waals surface area (Å²) in [6.45, 7) is 1.87. The van der Waals surface area contributed by atoms with E-state index in [-0.39, 0.29) is 11.7 Å². The average Bonchev–Trinajstić information content (AvgIpc) is 2.67. The van der Waals surface area contributed by atoms with Gasteiger partial charge in [-0.05, 0) is 37.3 Å². The van der Waals surface area contributed by atoms with Gasteiger partial charge in [-0.15, -0.1) is 11.8 Å². The third-order valence-electron chi connectivity index (χ3n) is 3.72. The maximum absolute atomic E-state index is 12.4. The number of hydrogen-bond acceptors (Lipinski definition) is 4.